The van der Waals surface area contributed by atoms with Crippen molar-refractivity contribution in [3.63, 3.8) is 0 Å². The van der Waals surface area contributed by atoms with Crippen molar-refractivity contribution in [2.75, 3.05) is 19.7 Å². The number of carbonyl (C=O) groups excluding carboxylic acids is 1. The van der Waals surface area contributed by atoms with E-state index in [9.17, 15) is 9.59 Å². The third kappa shape index (κ3) is 4.52. The predicted octanol–water partition coefficient (Wildman–Crippen LogP) is 1.01. The van der Waals surface area contributed by atoms with Crippen molar-refractivity contribution in [1.82, 2.24) is 9.47 Å². The van der Waals surface area contributed by atoms with Gasteiger partial charge in [0, 0.05) is 32.4 Å². The minimum Gasteiger partial charge on any atom is -0.395 e. The summed E-state index contributed by atoms with van der Waals surface area (Å²) in [6.07, 6.45) is 4.60. The minimum atomic E-state index is -0.142. The lowest BCUT2D eigenvalue weighted by Gasteiger charge is -2.21. The maximum absolute atomic E-state index is 12.3. The lowest BCUT2D eigenvalue weighted by atomic mass is 10.2. The minimum absolute atomic E-state index is 0.0520. The molecule has 0 aliphatic carbocycles. The van der Waals surface area contributed by atoms with Gasteiger partial charge in [0.2, 0.25) is 5.56 Å². The number of pyridine rings is 1. The van der Waals surface area contributed by atoms with Crippen LogP contribution in [0.4, 0.5) is 0 Å². The Kier molecular flexibility index (Phi) is 6.29. The number of aromatic nitrogens is 1. The number of aliphatic hydroxyl groups excluding tert-OH is 1. The van der Waals surface area contributed by atoms with Gasteiger partial charge in [-0.25, -0.2) is 0 Å². The summed E-state index contributed by atoms with van der Waals surface area (Å²) in [5.74, 6) is -0.138. The predicted molar refractivity (Wildman–Crippen MR) is 74.2 cm³/mol. The van der Waals surface area contributed by atoms with Gasteiger partial charge < -0.3 is 14.6 Å². The summed E-state index contributed by atoms with van der Waals surface area (Å²) in [5, 5.41) is 9.04. The fraction of sp³-hybridized carbons (Fsp3) is 0.571. The van der Waals surface area contributed by atoms with E-state index in [2.05, 4.69) is 6.92 Å². The molecule has 0 aliphatic heterocycles. The van der Waals surface area contributed by atoms with Crippen molar-refractivity contribution >= 4 is 5.91 Å². The van der Waals surface area contributed by atoms with Crippen molar-refractivity contribution < 1.29 is 9.90 Å². The summed E-state index contributed by atoms with van der Waals surface area (Å²) in [6, 6.07) is 2.92. The standard InChI is InChI=1S/C14H22N2O3/c1-3-4-5-8-16(9-10-17)14(19)12-6-7-13(18)15(2)11-12/h6-7,11,17H,3-5,8-10H2,1-2H3. The molecule has 0 radical (unpaired) electrons. The van der Waals surface area contributed by atoms with Gasteiger partial charge in [0.1, 0.15) is 0 Å². The van der Waals surface area contributed by atoms with Crippen LogP contribution in [0.2, 0.25) is 0 Å². The summed E-state index contributed by atoms with van der Waals surface area (Å²) < 4.78 is 1.39. The van der Waals surface area contributed by atoms with Crippen molar-refractivity contribution in [2.24, 2.45) is 7.05 Å². The number of carbonyl (C=O) groups is 1. The molecule has 0 saturated carbocycles. The average Bonchev–Trinajstić information content (AvgIpc) is 2.40. The van der Waals surface area contributed by atoms with Crippen LogP contribution in [0.5, 0.6) is 0 Å². The van der Waals surface area contributed by atoms with Gasteiger partial charge in [-0.1, -0.05) is 19.8 Å². The lowest BCUT2D eigenvalue weighted by molar-refractivity contribution is 0.0717. The normalized spacial score (nSPS) is 10.5. The molecule has 0 aliphatic rings. The van der Waals surface area contributed by atoms with E-state index in [0.717, 1.165) is 19.3 Å². The van der Waals surface area contributed by atoms with Crippen molar-refractivity contribution in [3.8, 4) is 0 Å². The van der Waals surface area contributed by atoms with Crippen LogP contribution in [0.1, 0.15) is 36.5 Å². The highest BCUT2D eigenvalue weighted by Gasteiger charge is 2.15. The van der Waals surface area contributed by atoms with E-state index in [1.165, 1.54) is 22.9 Å². The van der Waals surface area contributed by atoms with Crippen LogP contribution in [0.3, 0.4) is 0 Å². The van der Waals surface area contributed by atoms with Gasteiger partial charge in [-0.15, -0.1) is 0 Å². The van der Waals surface area contributed by atoms with E-state index in [0.29, 0.717) is 18.7 Å². The summed E-state index contributed by atoms with van der Waals surface area (Å²) in [4.78, 5) is 25.2. The SMILES string of the molecule is CCCCCN(CCO)C(=O)c1ccc(=O)n(C)c1. The van der Waals surface area contributed by atoms with Crippen LogP contribution in [-0.2, 0) is 7.05 Å². The third-order valence-electron chi connectivity index (χ3n) is 3.02. The van der Waals surface area contributed by atoms with Crippen LogP contribution in [0.25, 0.3) is 0 Å². The number of hydrogen-bond acceptors (Lipinski definition) is 3. The molecular formula is C14H22N2O3. The molecule has 0 aromatic carbocycles. The quantitative estimate of drug-likeness (QED) is 0.749. The molecule has 106 valence electrons. The zero-order valence-corrected chi connectivity index (χ0v) is 11.6. The Morgan fingerprint density at radius 2 is 2.05 bits per heavy atom. The molecular weight excluding hydrogens is 244 g/mol. The van der Waals surface area contributed by atoms with Gasteiger partial charge in [0.05, 0.1) is 12.2 Å². The summed E-state index contributed by atoms with van der Waals surface area (Å²) in [5.41, 5.74) is 0.336. The Morgan fingerprint density at radius 3 is 2.63 bits per heavy atom. The molecule has 1 aromatic heterocycles. The van der Waals surface area contributed by atoms with Crippen LogP contribution in [0, 0.1) is 0 Å². The molecule has 0 fully saturated rings. The fourth-order valence-corrected chi connectivity index (χ4v) is 1.89. The first kappa shape index (κ1) is 15.4. The van der Waals surface area contributed by atoms with E-state index in [1.54, 1.807) is 11.9 Å². The number of hydrogen-bond donors (Lipinski definition) is 1. The van der Waals surface area contributed by atoms with Crippen molar-refractivity contribution in [1.29, 1.82) is 0 Å². The molecule has 1 aromatic rings. The largest absolute Gasteiger partial charge is 0.395 e. The first-order chi connectivity index (χ1) is 9.10. The van der Waals surface area contributed by atoms with E-state index >= 15 is 0 Å². The number of nitrogens with zero attached hydrogens (tertiary/aromatic N) is 2. The molecule has 1 amide bonds. The monoisotopic (exact) mass is 266 g/mol. The number of unbranched alkanes of at least 4 members (excludes halogenated alkanes) is 2. The van der Waals surface area contributed by atoms with Gasteiger partial charge in [-0.3, -0.25) is 9.59 Å². The average molecular weight is 266 g/mol. The Morgan fingerprint density at radius 1 is 1.32 bits per heavy atom. The van der Waals surface area contributed by atoms with Crippen LogP contribution >= 0.6 is 0 Å². The van der Waals surface area contributed by atoms with Crippen LogP contribution < -0.4 is 5.56 Å². The zero-order chi connectivity index (χ0) is 14.3. The molecule has 5 nitrogen and oxygen atoms in total. The van der Waals surface area contributed by atoms with Gasteiger partial charge >= 0.3 is 0 Å². The summed E-state index contributed by atoms with van der Waals surface area (Å²) in [7, 11) is 1.62. The maximum atomic E-state index is 12.3. The number of aryl methyl sites for hydroxylation is 1. The fourth-order valence-electron chi connectivity index (χ4n) is 1.89. The van der Waals surface area contributed by atoms with Gasteiger partial charge in [0.15, 0.2) is 0 Å². The maximum Gasteiger partial charge on any atom is 0.255 e. The third-order valence-corrected chi connectivity index (χ3v) is 3.02. The molecule has 0 saturated heterocycles. The lowest BCUT2D eigenvalue weighted by Crippen LogP contribution is -2.35. The van der Waals surface area contributed by atoms with Gasteiger partial charge in [0.25, 0.3) is 5.91 Å². The zero-order valence-electron chi connectivity index (χ0n) is 11.6. The van der Waals surface area contributed by atoms with Gasteiger partial charge in [-0.2, -0.15) is 0 Å². The van der Waals surface area contributed by atoms with Crippen LogP contribution in [-0.4, -0.2) is 40.2 Å². The highest BCUT2D eigenvalue weighted by molar-refractivity contribution is 5.93. The molecule has 1 rings (SSSR count). The van der Waals surface area contributed by atoms with Crippen molar-refractivity contribution in [2.45, 2.75) is 26.2 Å². The Balaban J connectivity index is 2.79. The second-order valence-corrected chi connectivity index (χ2v) is 4.59. The van der Waals surface area contributed by atoms with E-state index in [4.69, 9.17) is 5.11 Å². The molecule has 1 heterocycles. The first-order valence-corrected chi connectivity index (χ1v) is 6.67. The Labute approximate surface area is 113 Å². The van der Waals surface area contributed by atoms with Crippen molar-refractivity contribution in [3.05, 3.63) is 34.2 Å². The molecule has 19 heavy (non-hydrogen) atoms. The summed E-state index contributed by atoms with van der Waals surface area (Å²) in [6.45, 7) is 3.01. The highest BCUT2D eigenvalue weighted by atomic mass is 16.3. The Hall–Kier alpha value is -1.62. The second kappa shape index (κ2) is 7.74. The number of amides is 1. The topological polar surface area (TPSA) is 62.5 Å². The molecule has 1 N–H and O–H groups in total. The smallest absolute Gasteiger partial charge is 0.255 e. The van der Waals surface area contributed by atoms with E-state index in [1.807, 2.05) is 0 Å². The number of aliphatic hydroxyl groups is 1. The molecule has 0 spiro atoms. The molecule has 0 unspecified atom stereocenters. The second-order valence-electron chi connectivity index (χ2n) is 4.59. The van der Waals surface area contributed by atoms with E-state index in [-0.39, 0.29) is 18.1 Å². The van der Waals surface area contributed by atoms with Crippen LogP contribution in [0.15, 0.2) is 23.1 Å². The molecule has 0 bridgehead atoms. The summed E-state index contributed by atoms with van der Waals surface area (Å²) >= 11 is 0. The highest BCUT2D eigenvalue weighted by Crippen LogP contribution is 2.05. The van der Waals surface area contributed by atoms with Gasteiger partial charge in [-0.05, 0) is 12.5 Å². The first-order valence-electron chi connectivity index (χ1n) is 6.67. The Bertz CT molecular complexity index is 468. The van der Waals surface area contributed by atoms with E-state index < -0.39 is 0 Å². The molecule has 0 atom stereocenters. The molecule has 5 heteroatoms. The number of rotatable bonds is 7.